The molecule has 1 heterocycles. The first-order chi connectivity index (χ1) is 13.4. The van der Waals surface area contributed by atoms with Gasteiger partial charge in [0.1, 0.15) is 12.4 Å². The number of rotatable bonds is 6. The number of carboxylic acids is 2. The summed E-state index contributed by atoms with van der Waals surface area (Å²) in [5.74, 6) is -2.73. The molecule has 0 amide bonds. The highest BCUT2D eigenvalue weighted by Crippen LogP contribution is 2.24. The Labute approximate surface area is 163 Å². The summed E-state index contributed by atoms with van der Waals surface area (Å²) in [5.41, 5.74) is 3.69. The summed E-state index contributed by atoms with van der Waals surface area (Å²) in [6.07, 6.45) is 3.14. The van der Waals surface area contributed by atoms with Crippen LogP contribution in [0.4, 0.5) is 0 Å². The van der Waals surface area contributed by atoms with E-state index in [0.717, 1.165) is 18.7 Å². The average Bonchev–Trinajstić information content (AvgIpc) is 3.08. The molecule has 3 rings (SSSR count). The van der Waals surface area contributed by atoms with Crippen molar-refractivity contribution in [2.75, 3.05) is 20.6 Å². The summed E-state index contributed by atoms with van der Waals surface area (Å²) < 4.78 is 5.93. The zero-order chi connectivity index (χ0) is 20.5. The van der Waals surface area contributed by atoms with Crippen molar-refractivity contribution in [1.29, 1.82) is 0 Å². The van der Waals surface area contributed by atoms with Crippen LogP contribution in [0.5, 0.6) is 5.75 Å². The number of hydrogen-bond donors (Lipinski definition) is 3. The standard InChI is InChI=1S/C19H22N2O.C2H2O4/c1-21(2)11-10-16-13-20-19-9-8-17(12-18(16)19)22-14-15-6-4-3-5-7-15;3-1(4)2(5)6/h3-9,12-13,20H,10-11,14H2,1-2H3;(H,3,4)(H,5,6). The first-order valence-electron chi connectivity index (χ1n) is 8.74. The van der Waals surface area contributed by atoms with Crippen molar-refractivity contribution in [3.63, 3.8) is 0 Å². The maximum atomic E-state index is 9.10. The van der Waals surface area contributed by atoms with Crippen LogP contribution in [-0.2, 0) is 22.6 Å². The molecule has 2 aromatic carbocycles. The molecule has 0 radical (unpaired) electrons. The van der Waals surface area contributed by atoms with Crippen LogP contribution in [-0.4, -0.2) is 52.7 Å². The number of fused-ring (bicyclic) bond motifs is 1. The van der Waals surface area contributed by atoms with E-state index in [4.69, 9.17) is 24.5 Å². The van der Waals surface area contributed by atoms with E-state index in [-0.39, 0.29) is 0 Å². The minimum atomic E-state index is -1.82. The van der Waals surface area contributed by atoms with Gasteiger partial charge in [-0.15, -0.1) is 0 Å². The molecule has 0 aliphatic rings. The van der Waals surface area contributed by atoms with Crippen LogP contribution in [0, 0.1) is 0 Å². The number of nitrogens with zero attached hydrogens (tertiary/aromatic N) is 1. The second-order valence-corrected chi connectivity index (χ2v) is 6.46. The van der Waals surface area contributed by atoms with Crippen molar-refractivity contribution < 1.29 is 24.5 Å². The quantitative estimate of drug-likeness (QED) is 0.565. The summed E-state index contributed by atoms with van der Waals surface area (Å²) in [5, 5.41) is 16.0. The van der Waals surface area contributed by atoms with Gasteiger partial charge in [-0.2, -0.15) is 0 Å². The van der Waals surface area contributed by atoms with E-state index >= 15 is 0 Å². The second-order valence-electron chi connectivity index (χ2n) is 6.46. The molecule has 0 saturated heterocycles. The third kappa shape index (κ3) is 6.44. The minimum Gasteiger partial charge on any atom is -0.489 e. The molecule has 1 aromatic heterocycles. The highest BCUT2D eigenvalue weighted by molar-refractivity contribution is 6.27. The maximum absolute atomic E-state index is 9.10. The largest absolute Gasteiger partial charge is 0.489 e. The van der Waals surface area contributed by atoms with Crippen molar-refractivity contribution in [2.24, 2.45) is 0 Å². The fourth-order valence-electron chi connectivity index (χ4n) is 2.54. The van der Waals surface area contributed by atoms with Crippen LogP contribution >= 0.6 is 0 Å². The van der Waals surface area contributed by atoms with E-state index in [1.54, 1.807) is 0 Å². The number of likely N-dealkylation sites (N-methyl/N-ethyl adjacent to an activating group) is 1. The Morgan fingerprint density at radius 2 is 1.71 bits per heavy atom. The number of H-pyrrole nitrogens is 1. The van der Waals surface area contributed by atoms with E-state index < -0.39 is 11.9 Å². The predicted octanol–water partition coefficient (Wildman–Crippen LogP) is 3.01. The summed E-state index contributed by atoms with van der Waals surface area (Å²) in [6, 6.07) is 16.5. The molecule has 0 saturated carbocycles. The molecule has 3 aromatic rings. The van der Waals surface area contributed by atoms with E-state index in [1.165, 1.54) is 22.0 Å². The molecule has 7 heteroatoms. The normalized spacial score (nSPS) is 10.4. The topological polar surface area (TPSA) is 103 Å². The van der Waals surface area contributed by atoms with Gasteiger partial charge in [0.05, 0.1) is 0 Å². The molecule has 0 atom stereocenters. The molecule has 7 nitrogen and oxygen atoms in total. The minimum absolute atomic E-state index is 0.601. The van der Waals surface area contributed by atoms with Crippen molar-refractivity contribution in [3.8, 4) is 5.75 Å². The predicted molar refractivity (Wildman–Crippen MR) is 107 cm³/mol. The van der Waals surface area contributed by atoms with Crippen LogP contribution in [0.3, 0.4) is 0 Å². The van der Waals surface area contributed by atoms with Crippen molar-refractivity contribution in [2.45, 2.75) is 13.0 Å². The molecule has 0 aliphatic heterocycles. The molecular weight excluding hydrogens is 360 g/mol. The maximum Gasteiger partial charge on any atom is 0.414 e. The van der Waals surface area contributed by atoms with Gasteiger partial charge in [-0.3, -0.25) is 0 Å². The second kappa shape index (κ2) is 10.1. The highest BCUT2D eigenvalue weighted by Gasteiger charge is 2.06. The summed E-state index contributed by atoms with van der Waals surface area (Å²) in [4.78, 5) is 23.7. The van der Waals surface area contributed by atoms with Gasteiger partial charge in [0.15, 0.2) is 0 Å². The zero-order valence-corrected chi connectivity index (χ0v) is 15.9. The smallest absolute Gasteiger partial charge is 0.414 e. The molecular formula is C21H24N2O5. The molecule has 0 unspecified atom stereocenters. The Morgan fingerprint density at radius 3 is 2.32 bits per heavy atom. The first kappa shape index (κ1) is 21.0. The van der Waals surface area contributed by atoms with E-state index in [9.17, 15) is 0 Å². The Kier molecular flexibility index (Phi) is 7.59. The van der Waals surface area contributed by atoms with E-state index in [0.29, 0.717) is 6.61 Å². The van der Waals surface area contributed by atoms with Gasteiger partial charge in [0.25, 0.3) is 0 Å². The van der Waals surface area contributed by atoms with Crippen LogP contribution in [0.1, 0.15) is 11.1 Å². The molecule has 3 N–H and O–H groups in total. The fraction of sp³-hybridized carbons (Fsp3) is 0.238. The zero-order valence-electron chi connectivity index (χ0n) is 15.9. The van der Waals surface area contributed by atoms with Crippen LogP contribution < -0.4 is 4.74 Å². The summed E-state index contributed by atoms with van der Waals surface area (Å²) >= 11 is 0. The van der Waals surface area contributed by atoms with Crippen LogP contribution in [0.25, 0.3) is 10.9 Å². The number of aromatic nitrogens is 1. The number of hydrogen-bond acceptors (Lipinski definition) is 4. The Morgan fingerprint density at radius 1 is 1.04 bits per heavy atom. The number of benzene rings is 2. The molecule has 28 heavy (non-hydrogen) atoms. The SMILES string of the molecule is CN(C)CCc1c[nH]c2ccc(OCc3ccccc3)cc12.O=C(O)C(=O)O. The van der Waals surface area contributed by atoms with Crippen LogP contribution in [0.2, 0.25) is 0 Å². The number of aliphatic carboxylic acids is 2. The monoisotopic (exact) mass is 384 g/mol. The summed E-state index contributed by atoms with van der Waals surface area (Å²) in [7, 11) is 4.20. The third-order valence-corrected chi connectivity index (χ3v) is 4.00. The van der Waals surface area contributed by atoms with Crippen molar-refractivity contribution in [1.82, 2.24) is 9.88 Å². The molecule has 0 bridgehead atoms. The number of carboxylic acid groups (broad SMARTS) is 2. The van der Waals surface area contributed by atoms with Gasteiger partial charge in [-0.1, -0.05) is 30.3 Å². The molecule has 0 aliphatic carbocycles. The van der Waals surface area contributed by atoms with Gasteiger partial charge in [-0.05, 0) is 49.8 Å². The lowest BCUT2D eigenvalue weighted by molar-refractivity contribution is -0.159. The van der Waals surface area contributed by atoms with Gasteiger partial charge >= 0.3 is 11.9 Å². The average molecular weight is 384 g/mol. The van der Waals surface area contributed by atoms with Gasteiger partial charge < -0.3 is 24.8 Å². The first-order valence-corrected chi connectivity index (χ1v) is 8.74. The summed E-state index contributed by atoms with van der Waals surface area (Å²) in [6.45, 7) is 1.64. The Bertz CT molecular complexity index is 907. The number of aromatic amines is 1. The van der Waals surface area contributed by atoms with Crippen molar-refractivity contribution >= 4 is 22.8 Å². The Balaban J connectivity index is 0.000000409. The van der Waals surface area contributed by atoms with E-state index in [1.807, 2.05) is 24.3 Å². The lowest BCUT2D eigenvalue weighted by Crippen LogP contribution is -2.14. The fourth-order valence-corrected chi connectivity index (χ4v) is 2.54. The molecule has 0 spiro atoms. The number of ether oxygens (including phenoxy) is 1. The van der Waals surface area contributed by atoms with Gasteiger partial charge in [0, 0.05) is 23.6 Å². The number of carbonyl (C=O) groups is 2. The lowest BCUT2D eigenvalue weighted by atomic mass is 10.1. The van der Waals surface area contributed by atoms with Gasteiger partial charge in [0.2, 0.25) is 0 Å². The molecule has 148 valence electrons. The third-order valence-electron chi connectivity index (χ3n) is 4.00. The number of nitrogens with one attached hydrogen (secondary N) is 1. The van der Waals surface area contributed by atoms with Crippen molar-refractivity contribution in [3.05, 3.63) is 65.9 Å². The van der Waals surface area contributed by atoms with Gasteiger partial charge in [-0.25, -0.2) is 9.59 Å². The highest BCUT2D eigenvalue weighted by atomic mass is 16.5. The lowest BCUT2D eigenvalue weighted by Gasteiger charge is -2.09. The molecule has 0 fully saturated rings. The Hall–Kier alpha value is -3.32. The van der Waals surface area contributed by atoms with E-state index in [2.05, 4.69) is 54.4 Å². The van der Waals surface area contributed by atoms with Crippen LogP contribution in [0.15, 0.2) is 54.7 Å².